The monoisotopic (exact) mass is 326 g/mol. The predicted molar refractivity (Wildman–Crippen MR) is 88.2 cm³/mol. The Bertz CT molecular complexity index is 624. The van der Waals surface area contributed by atoms with Gasteiger partial charge in [0.2, 0.25) is 15.9 Å². The molecule has 1 N–H and O–H groups in total. The number of aryl methyl sites for hydroxylation is 2. The Morgan fingerprint density at radius 2 is 1.91 bits per heavy atom. The molecule has 0 aliphatic heterocycles. The van der Waals surface area contributed by atoms with Gasteiger partial charge in [-0.2, -0.15) is 0 Å². The topological polar surface area (TPSA) is 66.5 Å². The minimum atomic E-state index is -3.55. The van der Waals surface area contributed by atoms with E-state index in [0.29, 0.717) is 29.5 Å². The fourth-order valence-corrected chi connectivity index (χ4v) is 3.56. The van der Waals surface area contributed by atoms with E-state index in [4.69, 9.17) is 0 Å². The zero-order valence-corrected chi connectivity index (χ0v) is 14.8. The summed E-state index contributed by atoms with van der Waals surface area (Å²) in [6.45, 7) is 10.4. The molecule has 0 atom stereocenters. The van der Waals surface area contributed by atoms with Crippen molar-refractivity contribution >= 4 is 15.9 Å². The van der Waals surface area contributed by atoms with Crippen LogP contribution in [0.3, 0.4) is 0 Å². The number of sulfonamides is 1. The van der Waals surface area contributed by atoms with Crippen molar-refractivity contribution < 1.29 is 13.2 Å². The highest BCUT2D eigenvalue weighted by Crippen LogP contribution is 2.16. The molecule has 0 aliphatic rings. The molecule has 0 aliphatic carbocycles. The molecule has 1 amide bonds. The molecule has 0 saturated carbocycles. The normalized spacial score (nSPS) is 11.7. The SMILES string of the molecule is CC(=O)N(CCNS(=O)(=O)c1cc(C)ccc1C)CC(C)C. The maximum absolute atomic E-state index is 12.4. The van der Waals surface area contributed by atoms with E-state index in [1.54, 1.807) is 24.0 Å². The van der Waals surface area contributed by atoms with E-state index >= 15 is 0 Å². The quantitative estimate of drug-likeness (QED) is 0.834. The number of rotatable bonds is 7. The Balaban J connectivity index is 2.73. The smallest absolute Gasteiger partial charge is 0.240 e. The van der Waals surface area contributed by atoms with Crippen LogP contribution in [0.15, 0.2) is 23.1 Å². The summed E-state index contributed by atoms with van der Waals surface area (Å²) in [5, 5.41) is 0. The van der Waals surface area contributed by atoms with Gasteiger partial charge in [-0.1, -0.05) is 26.0 Å². The number of carbonyl (C=O) groups excluding carboxylic acids is 1. The van der Waals surface area contributed by atoms with Gasteiger partial charge >= 0.3 is 0 Å². The van der Waals surface area contributed by atoms with Crippen molar-refractivity contribution in [3.05, 3.63) is 29.3 Å². The lowest BCUT2D eigenvalue weighted by atomic mass is 10.2. The Hall–Kier alpha value is -1.40. The zero-order chi connectivity index (χ0) is 16.9. The van der Waals surface area contributed by atoms with Crippen molar-refractivity contribution in [3.63, 3.8) is 0 Å². The van der Waals surface area contributed by atoms with Gasteiger partial charge < -0.3 is 4.90 Å². The Labute approximate surface area is 133 Å². The number of hydrogen-bond acceptors (Lipinski definition) is 3. The van der Waals surface area contributed by atoms with Gasteiger partial charge in [0, 0.05) is 26.6 Å². The number of carbonyl (C=O) groups is 1. The Morgan fingerprint density at radius 1 is 1.27 bits per heavy atom. The average molecular weight is 326 g/mol. The van der Waals surface area contributed by atoms with Gasteiger partial charge in [-0.25, -0.2) is 13.1 Å². The largest absolute Gasteiger partial charge is 0.341 e. The van der Waals surface area contributed by atoms with Gasteiger partial charge in [0.05, 0.1) is 4.90 Å². The van der Waals surface area contributed by atoms with Crippen LogP contribution in [0.4, 0.5) is 0 Å². The predicted octanol–water partition coefficient (Wildman–Crippen LogP) is 2.09. The molecule has 124 valence electrons. The summed E-state index contributed by atoms with van der Waals surface area (Å²) in [7, 11) is -3.55. The number of amides is 1. The molecule has 6 heteroatoms. The third kappa shape index (κ3) is 5.42. The summed E-state index contributed by atoms with van der Waals surface area (Å²) in [6.07, 6.45) is 0. The third-order valence-electron chi connectivity index (χ3n) is 3.34. The van der Waals surface area contributed by atoms with Crippen LogP contribution in [0.1, 0.15) is 31.9 Å². The Morgan fingerprint density at radius 3 is 2.45 bits per heavy atom. The summed E-state index contributed by atoms with van der Waals surface area (Å²) in [4.78, 5) is 13.5. The highest BCUT2D eigenvalue weighted by atomic mass is 32.2. The molecule has 1 aromatic rings. The maximum atomic E-state index is 12.4. The highest BCUT2D eigenvalue weighted by Gasteiger charge is 2.17. The van der Waals surface area contributed by atoms with Crippen molar-refractivity contribution in [1.82, 2.24) is 9.62 Å². The summed E-state index contributed by atoms with van der Waals surface area (Å²) in [6, 6.07) is 5.34. The van der Waals surface area contributed by atoms with Gasteiger partial charge in [0.15, 0.2) is 0 Å². The van der Waals surface area contributed by atoms with Crippen molar-refractivity contribution in [2.45, 2.75) is 39.5 Å². The molecule has 0 bridgehead atoms. The van der Waals surface area contributed by atoms with Crippen LogP contribution in [-0.4, -0.2) is 38.9 Å². The van der Waals surface area contributed by atoms with Gasteiger partial charge in [0.25, 0.3) is 0 Å². The molecule has 1 aromatic carbocycles. The van der Waals surface area contributed by atoms with Gasteiger partial charge in [-0.15, -0.1) is 0 Å². The maximum Gasteiger partial charge on any atom is 0.240 e. The van der Waals surface area contributed by atoms with E-state index in [0.717, 1.165) is 5.56 Å². The van der Waals surface area contributed by atoms with E-state index in [-0.39, 0.29) is 12.5 Å². The highest BCUT2D eigenvalue weighted by molar-refractivity contribution is 7.89. The second-order valence-corrected chi connectivity index (χ2v) is 7.76. The number of hydrogen-bond donors (Lipinski definition) is 1. The van der Waals surface area contributed by atoms with Crippen molar-refractivity contribution in [2.24, 2.45) is 5.92 Å². The van der Waals surface area contributed by atoms with Crippen molar-refractivity contribution in [2.75, 3.05) is 19.6 Å². The summed E-state index contributed by atoms with van der Waals surface area (Å²) in [5.74, 6) is 0.305. The van der Waals surface area contributed by atoms with E-state index < -0.39 is 10.0 Å². The second kappa shape index (κ2) is 7.74. The van der Waals surface area contributed by atoms with E-state index in [1.807, 2.05) is 26.8 Å². The molecule has 0 fully saturated rings. The minimum Gasteiger partial charge on any atom is -0.341 e. The van der Waals surface area contributed by atoms with Crippen molar-refractivity contribution in [3.8, 4) is 0 Å². The average Bonchev–Trinajstić information content (AvgIpc) is 2.39. The van der Waals surface area contributed by atoms with Crippen LogP contribution in [-0.2, 0) is 14.8 Å². The molecule has 0 aromatic heterocycles. The summed E-state index contributed by atoms with van der Waals surface area (Å²) >= 11 is 0. The summed E-state index contributed by atoms with van der Waals surface area (Å²) in [5.41, 5.74) is 1.61. The molecule has 1 rings (SSSR count). The van der Waals surface area contributed by atoms with Crippen LogP contribution in [0.5, 0.6) is 0 Å². The van der Waals surface area contributed by atoms with Crippen LogP contribution < -0.4 is 4.72 Å². The minimum absolute atomic E-state index is 0.0420. The molecule has 0 spiro atoms. The molecular formula is C16H26N2O3S. The molecule has 0 radical (unpaired) electrons. The van der Waals surface area contributed by atoms with Gasteiger partial charge in [-0.05, 0) is 37.0 Å². The molecule has 0 saturated heterocycles. The van der Waals surface area contributed by atoms with E-state index in [2.05, 4.69) is 4.72 Å². The fourth-order valence-electron chi connectivity index (χ4n) is 2.21. The fraction of sp³-hybridized carbons (Fsp3) is 0.562. The molecule has 22 heavy (non-hydrogen) atoms. The third-order valence-corrected chi connectivity index (χ3v) is 4.94. The number of nitrogens with one attached hydrogen (secondary N) is 1. The number of benzene rings is 1. The Kier molecular flexibility index (Phi) is 6.56. The first-order valence-electron chi connectivity index (χ1n) is 7.46. The van der Waals surface area contributed by atoms with Gasteiger partial charge in [-0.3, -0.25) is 4.79 Å². The van der Waals surface area contributed by atoms with E-state index in [9.17, 15) is 13.2 Å². The molecule has 0 unspecified atom stereocenters. The lowest BCUT2D eigenvalue weighted by Crippen LogP contribution is -2.39. The molecule has 0 heterocycles. The first-order chi connectivity index (χ1) is 10.1. The first kappa shape index (κ1) is 18.6. The van der Waals surface area contributed by atoms with Crippen molar-refractivity contribution in [1.29, 1.82) is 0 Å². The lowest BCUT2D eigenvalue weighted by molar-refractivity contribution is -0.129. The molecular weight excluding hydrogens is 300 g/mol. The van der Waals surface area contributed by atoms with Crippen LogP contribution in [0.2, 0.25) is 0 Å². The number of nitrogens with zero attached hydrogens (tertiary/aromatic N) is 1. The summed E-state index contributed by atoms with van der Waals surface area (Å²) < 4.78 is 27.3. The van der Waals surface area contributed by atoms with Gasteiger partial charge in [0.1, 0.15) is 0 Å². The van der Waals surface area contributed by atoms with Crippen LogP contribution in [0, 0.1) is 19.8 Å². The first-order valence-corrected chi connectivity index (χ1v) is 8.94. The standard InChI is InChI=1S/C16H26N2O3S/c1-12(2)11-18(15(5)19)9-8-17-22(20,21)16-10-13(3)6-7-14(16)4/h6-7,10,12,17H,8-9,11H2,1-5H3. The van der Waals surface area contributed by atoms with Crippen LogP contribution >= 0.6 is 0 Å². The van der Waals surface area contributed by atoms with E-state index in [1.165, 1.54) is 6.92 Å². The van der Waals surface area contributed by atoms with Crippen LogP contribution in [0.25, 0.3) is 0 Å². The second-order valence-electron chi connectivity index (χ2n) is 6.03. The zero-order valence-electron chi connectivity index (χ0n) is 14.0. The molecule has 5 nitrogen and oxygen atoms in total. The lowest BCUT2D eigenvalue weighted by Gasteiger charge is -2.23.